The maximum Gasteiger partial charge on any atom is 0.0480 e. The molecule has 0 heterocycles. The molecule has 102 valence electrons. The zero-order valence-electron chi connectivity index (χ0n) is 11.4. The van der Waals surface area contributed by atoms with Gasteiger partial charge in [0.1, 0.15) is 0 Å². The molecule has 0 amide bonds. The number of hydrogen-bond acceptors (Lipinski definition) is 3. The molecule has 0 saturated carbocycles. The largest absolute Gasteiger partial charge is 0.385 e. The van der Waals surface area contributed by atoms with E-state index in [2.05, 4.69) is 18.9 Å². The first-order chi connectivity index (χ1) is 8.51. The normalized spacial score (nSPS) is 14.8. The van der Waals surface area contributed by atoms with Crippen molar-refractivity contribution in [1.82, 2.24) is 4.90 Å². The summed E-state index contributed by atoms with van der Waals surface area (Å²) in [5.74, 6) is 0. The lowest BCUT2D eigenvalue weighted by atomic mass is 9.96. The van der Waals surface area contributed by atoms with Gasteiger partial charge < -0.3 is 10.5 Å². The van der Waals surface area contributed by atoms with Crippen molar-refractivity contribution in [3.05, 3.63) is 34.9 Å². The van der Waals surface area contributed by atoms with Crippen LogP contribution in [0.2, 0.25) is 5.02 Å². The van der Waals surface area contributed by atoms with Crippen LogP contribution in [0.4, 0.5) is 0 Å². The summed E-state index contributed by atoms with van der Waals surface area (Å²) in [6.45, 7) is 4.36. The molecule has 4 heteroatoms. The van der Waals surface area contributed by atoms with Gasteiger partial charge >= 0.3 is 0 Å². The third-order valence-corrected chi connectivity index (χ3v) is 3.79. The van der Waals surface area contributed by atoms with Crippen LogP contribution in [0.1, 0.15) is 18.9 Å². The minimum Gasteiger partial charge on any atom is -0.385 e. The molecule has 0 aliphatic carbocycles. The lowest BCUT2D eigenvalue weighted by molar-refractivity contribution is 0.0839. The van der Waals surface area contributed by atoms with Crippen molar-refractivity contribution in [2.24, 2.45) is 5.73 Å². The lowest BCUT2D eigenvalue weighted by Crippen LogP contribution is -2.49. The highest BCUT2D eigenvalue weighted by Gasteiger charge is 2.27. The number of nitrogens with two attached hydrogens (primary N) is 1. The number of ether oxygens (including phenoxy) is 1. The van der Waals surface area contributed by atoms with Crippen LogP contribution in [0.3, 0.4) is 0 Å². The molecular weight excluding hydrogens is 248 g/mol. The van der Waals surface area contributed by atoms with E-state index in [9.17, 15) is 0 Å². The van der Waals surface area contributed by atoms with Crippen molar-refractivity contribution < 1.29 is 4.74 Å². The summed E-state index contributed by atoms with van der Waals surface area (Å²) in [5, 5.41) is 0.766. The topological polar surface area (TPSA) is 38.5 Å². The van der Waals surface area contributed by atoms with Crippen molar-refractivity contribution >= 4 is 11.6 Å². The average Bonchev–Trinajstić information content (AvgIpc) is 2.38. The smallest absolute Gasteiger partial charge is 0.0480 e. The fraction of sp³-hybridized carbons (Fsp3) is 0.571. The van der Waals surface area contributed by atoms with E-state index in [4.69, 9.17) is 22.1 Å². The first-order valence-corrected chi connectivity index (χ1v) is 6.54. The molecule has 0 radical (unpaired) electrons. The van der Waals surface area contributed by atoms with Crippen LogP contribution in [-0.4, -0.2) is 37.7 Å². The molecule has 0 aromatic heterocycles. The second-order valence-electron chi connectivity index (χ2n) is 4.93. The van der Waals surface area contributed by atoms with Gasteiger partial charge in [-0.05, 0) is 38.1 Å². The predicted molar refractivity (Wildman–Crippen MR) is 76.9 cm³/mol. The zero-order chi connectivity index (χ0) is 13.6. The molecule has 3 nitrogen and oxygen atoms in total. The van der Waals surface area contributed by atoms with Crippen molar-refractivity contribution in [1.29, 1.82) is 0 Å². The molecule has 2 N–H and O–H groups in total. The fourth-order valence-corrected chi connectivity index (χ4v) is 1.95. The summed E-state index contributed by atoms with van der Waals surface area (Å²) < 4.78 is 5.16. The Bertz CT molecular complexity index is 355. The van der Waals surface area contributed by atoms with Crippen LogP contribution in [0.25, 0.3) is 0 Å². The van der Waals surface area contributed by atoms with Crippen LogP contribution in [0.5, 0.6) is 0 Å². The molecule has 0 bridgehead atoms. The van der Waals surface area contributed by atoms with Gasteiger partial charge in [-0.2, -0.15) is 0 Å². The Balaban J connectivity index is 2.66. The highest BCUT2D eigenvalue weighted by molar-refractivity contribution is 6.30. The number of hydrogen-bond donors (Lipinski definition) is 1. The number of methoxy groups -OCH3 is 1. The number of likely N-dealkylation sites (N-methyl/N-ethyl adjacent to an activating group) is 1. The van der Waals surface area contributed by atoms with E-state index in [-0.39, 0.29) is 5.54 Å². The maximum absolute atomic E-state index is 5.91. The van der Waals surface area contributed by atoms with E-state index >= 15 is 0 Å². The molecule has 1 unspecified atom stereocenters. The van der Waals surface area contributed by atoms with E-state index in [1.54, 1.807) is 7.11 Å². The number of nitrogens with zero attached hydrogens (tertiary/aromatic N) is 1. The number of benzene rings is 1. The summed E-state index contributed by atoms with van der Waals surface area (Å²) in [7, 11) is 3.81. The highest BCUT2D eigenvalue weighted by Crippen LogP contribution is 2.20. The second-order valence-corrected chi connectivity index (χ2v) is 5.36. The third kappa shape index (κ3) is 4.25. The molecule has 0 saturated heterocycles. The van der Waals surface area contributed by atoms with Crippen LogP contribution >= 0.6 is 11.6 Å². The van der Waals surface area contributed by atoms with E-state index in [1.165, 1.54) is 5.56 Å². The molecular formula is C14H23ClN2O. The van der Waals surface area contributed by atoms with Crippen molar-refractivity contribution in [3.63, 3.8) is 0 Å². The minimum atomic E-state index is -0.0460. The minimum absolute atomic E-state index is 0.0460. The van der Waals surface area contributed by atoms with Crippen LogP contribution in [-0.2, 0) is 11.3 Å². The lowest BCUT2D eigenvalue weighted by Gasteiger charge is -2.38. The molecule has 18 heavy (non-hydrogen) atoms. The van der Waals surface area contributed by atoms with E-state index in [1.807, 2.05) is 24.3 Å². The number of rotatable bonds is 7. The standard InChI is InChI=1S/C14H23ClN2O/c1-14(11-16,8-9-18-3)17(2)10-12-4-6-13(15)7-5-12/h4-7H,8-11,16H2,1-3H3. The summed E-state index contributed by atoms with van der Waals surface area (Å²) in [6.07, 6.45) is 0.921. The molecule has 0 fully saturated rings. The first-order valence-electron chi connectivity index (χ1n) is 6.16. The Hall–Kier alpha value is -0.610. The second kappa shape index (κ2) is 7.10. The van der Waals surface area contributed by atoms with Crippen molar-refractivity contribution in [2.75, 3.05) is 27.3 Å². The Kier molecular flexibility index (Phi) is 6.09. The van der Waals surface area contributed by atoms with E-state index in [0.717, 1.165) is 24.6 Å². The SMILES string of the molecule is COCCC(C)(CN)N(C)Cc1ccc(Cl)cc1. The Morgan fingerprint density at radius 1 is 1.33 bits per heavy atom. The fourth-order valence-electron chi connectivity index (χ4n) is 1.83. The molecule has 0 aliphatic rings. The molecule has 1 atom stereocenters. The summed E-state index contributed by atoms with van der Waals surface area (Å²) in [6, 6.07) is 7.93. The Labute approximate surface area is 115 Å². The number of halogens is 1. The Morgan fingerprint density at radius 2 is 1.94 bits per heavy atom. The van der Waals surface area contributed by atoms with Gasteiger partial charge in [-0.1, -0.05) is 23.7 Å². The summed E-state index contributed by atoms with van der Waals surface area (Å²) in [4.78, 5) is 2.27. The van der Waals surface area contributed by atoms with E-state index in [0.29, 0.717) is 6.54 Å². The van der Waals surface area contributed by atoms with Crippen molar-refractivity contribution in [2.45, 2.75) is 25.4 Å². The van der Waals surface area contributed by atoms with Crippen LogP contribution in [0, 0.1) is 0 Å². The molecule has 0 spiro atoms. The van der Waals surface area contributed by atoms with Gasteiger partial charge in [-0.15, -0.1) is 0 Å². The monoisotopic (exact) mass is 270 g/mol. The third-order valence-electron chi connectivity index (χ3n) is 3.54. The van der Waals surface area contributed by atoms with E-state index < -0.39 is 0 Å². The molecule has 1 aromatic carbocycles. The van der Waals surface area contributed by atoms with Gasteiger partial charge in [-0.3, -0.25) is 4.90 Å². The summed E-state index contributed by atoms with van der Waals surface area (Å²) in [5.41, 5.74) is 7.10. The summed E-state index contributed by atoms with van der Waals surface area (Å²) >= 11 is 5.88. The molecule has 0 aliphatic heterocycles. The first kappa shape index (κ1) is 15.4. The van der Waals surface area contributed by atoms with Gasteiger partial charge in [0.05, 0.1) is 0 Å². The molecule has 1 aromatic rings. The van der Waals surface area contributed by atoms with Gasteiger partial charge in [0.15, 0.2) is 0 Å². The average molecular weight is 271 g/mol. The van der Waals surface area contributed by atoms with Gasteiger partial charge in [0.25, 0.3) is 0 Å². The Morgan fingerprint density at radius 3 is 2.44 bits per heavy atom. The quantitative estimate of drug-likeness (QED) is 0.827. The van der Waals surface area contributed by atoms with Gasteiger partial charge in [-0.25, -0.2) is 0 Å². The molecule has 1 rings (SSSR count). The van der Waals surface area contributed by atoms with Gasteiger partial charge in [0.2, 0.25) is 0 Å². The predicted octanol–water partition coefficient (Wildman–Crippen LogP) is 2.53. The van der Waals surface area contributed by atoms with Crippen LogP contribution in [0.15, 0.2) is 24.3 Å². The van der Waals surface area contributed by atoms with Crippen LogP contribution < -0.4 is 5.73 Å². The highest BCUT2D eigenvalue weighted by atomic mass is 35.5. The van der Waals surface area contributed by atoms with Gasteiger partial charge in [0, 0.05) is 37.4 Å². The maximum atomic E-state index is 5.91. The zero-order valence-corrected chi connectivity index (χ0v) is 12.2. The van der Waals surface area contributed by atoms with Crippen molar-refractivity contribution in [3.8, 4) is 0 Å².